The van der Waals surface area contributed by atoms with Crippen LogP contribution in [0, 0.1) is 6.92 Å². The number of benzene rings is 1. The molecule has 3 rings (SSSR count). The lowest BCUT2D eigenvalue weighted by atomic mass is 10.2. The lowest BCUT2D eigenvalue weighted by molar-refractivity contribution is 0.0759. The summed E-state index contributed by atoms with van der Waals surface area (Å²) < 4.78 is 18.0. The monoisotopic (exact) mass is 317 g/mol. The van der Waals surface area contributed by atoms with E-state index in [2.05, 4.69) is 0 Å². The van der Waals surface area contributed by atoms with Crippen molar-refractivity contribution < 1.29 is 13.4 Å². The molecule has 1 atom stereocenters. The molecule has 2 heterocycles. The van der Waals surface area contributed by atoms with E-state index in [0.29, 0.717) is 11.5 Å². The van der Waals surface area contributed by atoms with Crippen LogP contribution in [0.2, 0.25) is 0 Å². The molecule has 1 saturated heterocycles. The summed E-state index contributed by atoms with van der Waals surface area (Å²) in [7, 11) is -1.17. The van der Waals surface area contributed by atoms with Gasteiger partial charge in [0.1, 0.15) is 5.76 Å². The third-order valence-electron chi connectivity index (χ3n) is 3.79. The number of rotatable bonds is 4. The average Bonchev–Trinajstić information content (AvgIpc) is 3.18. The molecule has 0 unspecified atom stereocenters. The number of nitrogens with zero attached hydrogens (tertiary/aromatic N) is 1. The summed E-state index contributed by atoms with van der Waals surface area (Å²) in [6.07, 6.45) is 2.10. The first-order valence-corrected chi connectivity index (χ1v) is 8.78. The molecule has 4 nitrogen and oxygen atoms in total. The molecule has 0 N–H and O–H groups in total. The standard InChI is InChI=1S/C17H19NO3S/c1-13-5-4-6-15(11-13)22(20)12-14-7-8-16(21-14)17(19)18-9-2-3-10-18/h4-8,11H,2-3,9-10,12H2,1H3/t22-/m1/s1. The van der Waals surface area contributed by atoms with Gasteiger partial charge in [0, 0.05) is 18.0 Å². The molecular weight excluding hydrogens is 298 g/mol. The van der Waals surface area contributed by atoms with Crippen LogP contribution in [0.15, 0.2) is 45.7 Å². The van der Waals surface area contributed by atoms with Crippen LogP contribution in [0.1, 0.15) is 34.7 Å². The number of hydrogen-bond donors (Lipinski definition) is 0. The van der Waals surface area contributed by atoms with E-state index in [9.17, 15) is 9.00 Å². The minimum atomic E-state index is -1.17. The third-order valence-corrected chi connectivity index (χ3v) is 5.12. The molecule has 0 radical (unpaired) electrons. The smallest absolute Gasteiger partial charge is 0.289 e. The second-order valence-electron chi connectivity index (χ2n) is 5.57. The maximum Gasteiger partial charge on any atom is 0.289 e. The van der Waals surface area contributed by atoms with Crippen molar-refractivity contribution in [2.24, 2.45) is 0 Å². The Bertz CT molecular complexity index is 701. The molecule has 0 bridgehead atoms. The molecule has 1 fully saturated rings. The highest BCUT2D eigenvalue weighted by Gasteiger charge is 2.22. The first-order valence-electron chi connectivity index (χ1n) is 7.46. The van der Waals surface area contributed by atoms with Crippen molar-refractivity contribution in [1.82, 2.24) is 4.90 Å². The number of likely N-dealkylation sites (tertiary alicyclic amines) is 1. The fourth-order valence-electron chi connectivity index (χ4n) is 2.62. The highest BCUT2D eigenvalue weighted by atomic mass is 32.2. The van der Waals surface area contributed by atoms with E-state index < -0.39 is 10.8 Å². The average molecular weight is 317 g/mol. The highest BCUT2D eigenvalue weighted by molar-refractivity contribution is 7.84. The number of amides is 1. The fourth-order valence-corrected chi connectivity index (χ4v) is 3.74. The molecule has 116 valence electrons. The summed E-state index contributed by atoms with van der Waals surface area (Å²) >= 11 is 0. The number of carbonyl (C=O) groups excluding carboxylic acids is 1. The quantitative estimate of drug-likeness (QED) is 0.870. The van der Waals surface area contributed by atoms with Crippen LogP contribution in [0.4, 0.5) is 0 Å². The van der Waals surface area contributed by atoms with Crippen LogP contribution < -0.4 is 0 Å². The van der Waals surface area contributed by atoms with Crippen molar-refractivity contribution in [3.63, 3.8) is 0 Å². The van der Waals surface area contributed by atoms with Crippen molar-refractivity contribution in [2.45, 2.75) is 30.4 Å². The van der Waals surface area contributed by atoms with Gasteiger partial charge in [-0.1, -0.05) is 12.1 Å². The summed E-state index contributed by atoms with van der Waals surface area (Å²) in [5.74, 6) is 1.15. The molecule has 0 saturated carbocycles. The normalized spacial score (nSPS) is 16.0. The number of aryl methyl sites for hydroxylation is 1. The van der Waals surface area contributed by atoms with Gasteiger partial charge in [-0.25, -0.2) is 0 Å². The molecule has 1 aliphatic rings. The van der Waals surface area contributed by atoms with E-state index in [1.165, 1.54) is 0 Å². The summed E-state index contributed by atoms with van der Waals surface area (Å²) in [6, 6.07) is 11.1. The van der Waals surface area contributed by atoms with Crippen molar-refractivity contribution in [2.75, 3.05) is 13.1 Å². The summed E-state index contributed by atoms with van der Waals surface area (Å²) in [4.78, 5) is 14.8. The zero-order valence-electron chi connectivity index (χ0n) is 12.6. The Labute approximate surface area is 132 Å². The van der Waals surface area contributed by atoms with Crippen LogP contribution >= 0.6 is 0 Å². The lowest BCUT2D eigenvalue weighted by Gasteiger charge is -2.12. The second-order valence-corrected chi connectivity index (χ2v) is 7.02. The van der Waals surface area contributed by atoms with E-state index in [1.807, 2.05) is 31.2 Å². The largest absolute Gasteiger partial charge is 0.455 e. The number of furan rings is 1. The van der Waals surface area contributed by atoms with E-state index in [0.717, 1.165) is 36.4 Å². The van der Waals surface area contributed by atoms with Crippen LogP contribution in [0.25, 0.3) is 0 Å². The van der Waals surface area contributed by atoms with Gasteiger partial charge in [-0.2, -0.15) is 0 Å². The Kier molecular flexibility index (Phi) is 4.43. The van der Waals surface area contributed by atoms with Gasteiger partial charge >= 0.3 is 0 Å². The predicted molar refractivity (Wildman–Crippen MR) is 85.1 cm³/mol. The summed E-state index contributed by atoms with van der Waals surface area (Å²) in [5.41, 5.74) is 1.08. The SMILES string of the molecule is Cc1cccc([S@](=O)Cc2ccc(C(=O)N3CCCC3)o2)c1. The Morgan fingerprint density at radius 2 is 2.00 bits per heavy atom. The van der Waals surface area contributed by atoms with Crippen LogP contribution in [0.3, 0.4) is 0 Å². The Morgan fingerprint density at radius 3 is 2.73 bits per heavy atom. The van der Waals surface area contributed by atoms with Gasteiger partial charge in [0.05, 0.1) is 16.6 Å². The minimum Gasteiger partial charge on any atom is -0.455 e. The van der Waals surface area contributed by atoms with E-state index in [1.54, 1.807) is 17.0 Å². The zero-order chi connectivity index (χ0) is 15.5. The van der Waals surface area contributed by atoms with Crippen LogP contribution in [0.5, 0.6) is 0 Å². The first-order chi connectivity index (χ1) is 10.6. The minimum absolute atomic E-state index is 0.0647. The van der Waals surface area contributed by atoms with Crippen molar-refractivity contribution in [3.05, 3.63) is 53.5 Å². The number of carbonyl (C=O) groups is 1. The van der Waals surface area contributed by atoms with Gasteiger partial charge in [-0.3, -0.25) is 9.00 Å². The summed E-state index contributed by atoms with van der Waals surface area (Å²) in [6.45, 7) is 3.56. The van der Waals surface area contributed by atoms with E-state index in [4.69, 9.17) is 4.42 Å². The molecule has 1 amide bonds. The van der Waals surface area contributed by atoms with Crippen molar-refractivity contribution in [3.8, 4) is 0 Å². The molecule has 2 aromatic rings. The van der Waals surface area contributed by atoms with E-state index >= 15 is 0 Å². The molecule has 5 heteroatoms. The molecular formula is C17H19NO3S. The van der Waals surface area contributed by atoms with Crippen molar-refractivity contribution >= 4 is 16.7 Å². The van der Waals surface area contributed by atoms with Gasteiger partial charge in [-0.15, -0.1) is 0 Å². The zero-order valence-corrected chi connectivity index (χ0v) is 13.4. The Balaban J connectivity index is 1.69. The maximum absolute atomic E-state index is 12.4. The van der Waals surface area contributed by atoms with E-state index in [-0.39, 0.29) is 11.7 Å². The highest BCUT2D eigenvalue weighted by Crippen LogP contribution is 2.18. The van der Waals surface area contributed by atoms with Gasteiger partial charge < -0.3 is 9.32 Å². The van der Waals surface area contributed by atoms with Crippen molar-refractivity contribution in [1.29, 1.82) is 0 Å². The lowest BCUT2D eigenvalue weighted by Crippen LogP contribution is -2.27. The van der Waals surface area contributed by atoms with Gasteiger partial charge in [0.15, 0.2) is 5.76 Å². The molecule has 22 heavy (non-hydrogen) atoms. The second kappa shape index (κ2) is 6.48. The molecule has 0 aliphatic carbocycles. The van der Waals surface area contributed by atoms with Gasteiger partial charge in [-0.05, 0) is 49.6 Å². The third kappa shape index (κ3) is 3.30. The van der Waals surface area contributed by atoms with Gasteiger partial charge in [0.25, 0.3) is 5.91 Å². The summed E-state index contributed by atoms with van der Waals surface area (Å²) in [5, 5.41) is 0. The Hall–Kier alpha value is -1.88. The molecule has 0 spiro atoms. The first kappa shape index (κ1) is 15.0. The molecule has 1 aliphatic heterocycles. The molecule has 1 aromatic carbocycles. The molecule has 1 aromatic heterocycles. The Morgan fingerprint density at radius 1 is 1.23 bits per heavy atom. The van der Waals surface area contributed by atoms with Crippen LogP contribution in [-0.2, 0) is 16.6 Å². The van der Waals surface area contributed by atoms with Gasteiger partial charge in [0.2, 0.25) is 0 Å². The van der Waals surface area contributed by atoms with Crippen LogP contribution in [-0.4, -0.2) is 28.1 Å². The topological polar surface area (TPSA) is 50.5 Å². The predicted octanol–water partition coefficient (Wildman–Crippen LogP) is 3.13. The number of hydrogen-bond acceptors (Lipinski definition) is 3. The maximum atomic E-state index is 12.4. The fraction of sp³-hybridized carbons (Fsp3) is 0.353.